The molecule has 0 aromatic rings. The Labute approximate surface area is 56.4 Å². The molecule has 0 saturated heterocycles. The summed E-state index contributed by atoms with van der Waals surface area (Å²) >= 11 is 0. The third-order valence-corrected chi connectivity index (χ3v) is 1.63. The van der Waals surface area contributed by atoms with Crippen LogP contribution in [-0.2, 0) is 0 Å². The maximum atomic E-state index is 4.08. The van der Waals surface area contributed by atoms with Crippen LogP contribution in [0.3, 0.4) is 0 Å². The number of rotatable bonds is 3. The first-order valence-corrected chi connectivity index (χ1v) is 3.68. The molecule has 0 saturated carbocycles. The quantitative estimate of drug-likeness (QED) is 0.603. The molecule has 1 N–H and O–H groups in total. The van der Waals surface area contributed by atoms with E-state index >= 15 is 0 Å². The summed E-state index contributed by atoms with van der Waals surface area (Å²) in [6.07, 6.45) is 5.70. The van der Waals surface area contributed by atoms with Gasteiger partial charge in [0.1, 0.15) is 0 Å². The second-order valence-electron chi connectivity index (χ2n) is 2.50. The smallest absolute Gasteiger partial charge is 0.0827 e. The van der Waals surface area contributed by atoms with Crippen molar-refractivity contribution in [3.8, 4) is 0 Å². The summed E-state index contributed by atoms with van der Waals surface area (Å²) in [5, 5.41) is 3.20. The molecule has 2 heteroatoms. The molecule has 0 amide bonds. The van der Waals surface area contributed by atoms with E-state index in [1.165, 1.54) is 19.3 Å². The van der Waals surface area contributed by atoms with Crippen LogP contribution in [-0.4, -0.2) is 18.9 Å². The van der Waals surface area contributed by atoms with Crippen LogP contribution < -0.4 is 5.32 Å². The van der Waals surface area contributed by atoms with Crippen LogP contribution in [0.2, 0.25) is 0 Å². The minimum Gasteiger partial charge on any atom is -0.372 e. The van der Waals surface area contributed by atoms with Crippen molar-refractivity contribution in [1.82, 2.24) is 5.32 Å². The van der Waals surface area contributed by atoms with Gasteiger partial charge in [0, 0.05) is 6.04 Å². The van der Waals surface area contributed by atoms with E-state index in [0.717, 1.165) is 6.54 Å². The number of nitrogens with one attached hydrogen (secondary N) is 1. The summed E-state index contributed by atoms with van der Waals surface area (Å²) in [5.74, 6) is 0. The summed E-state index contributed by atoms with van der Waals surface area (Å²) in [6.45, 7) is 3.20. The van der Waals surface area contributed by atoms with Crippen molar-refractivity contribution in [2.24, 2.45) is 4.99 Å². The molecular formula is C7H14N2. The maximum absolute atomic E-state index is 4.08. The Hall–Kier alpha value is -0.530. The van der Waals surface area contributed by atoms with Gasteiger partial charge in [0.2, 0.25) is 0 Å². The molecule has 1 rings (SSSR count). The van der Waals surface area contributed by atoms with Crippen LogP contribution in [0.5, 0.6) is 0 Å². The SMILES string of the molecule is CCCC[C@@H]1CN=CN1. The molecule has 0 aromatic heterocycles. The molecule has 0 fully saturated rings. The number of hydrogen-bond acceptors (Lipinski definition) is 2. The zero-order chi connectivity index (χ0) is 6.53. The van der Waals surface area contributed by atoms with E-state index in [1.54, 1.807) is 0 Å². The largest absolute Gasteiger partial charge is 0.372 e. The average molecular weight is 126 g/mol. The zero-order valence-electron chi connectivity index (χ0n) is 5.93. The van der Waals surface area contributed by atoms with Crippen LogP contribution in [0, 0.1) is 0 Å². The first-order chi connectivity index (χ1) is 4.43. The Morgan fingerprint density at radius 3 is 3.22 bits per heavy atom. The molecule has 1 atom stereocenters. The monoisotopic (exact) mass is 126 g/mol. The minimum absolute atomic E-state index is 0.643. The van der Waals surface area contributed by atoms with E-state index in [9.17, 15) is 0 Å². The van der Waals surface area contributed by atoms with Crippen LogP contribution in [0.15, 0.2) is 4.99 Å². The first-order valence-electron chi connectivity index (χ1n) is 3.68. The van der Waals surface area contributed by atoms with Crippen LogP contribution in [0.1, 0.15) is 26.2 Å². The lowest BCUT2D eigenvalue weighted by molar-refractivity contribution is 0.568. The molecule has 0 unspecified atom stereocenters. The van der Waals surface area contributed by atoms with Crippen molar-refractivity contribution >= 4 is 6.34 Å². The van der Waals surface area contributed by atoms with Gasteiger partial charge in [-0.2, -0.15) is 0 Å². The van der Waals surface area contributed by atoms with Gasteiger partial charge in [0.15, 0.2) is 0 Å². The number of unbranched alkanes of at least 4 members (excludes halogenated alkanes) is 1. The second-order valence-corrected chi connectivity index (χ2v) is 2.50. The van der Waals surface area contributed by atoms with E-state index in [-0.39, 0.29) is 0 Å². The van der Waals surface area contributed by atoms with Crippen LogP contribution in [0.25, 0.3) is 0 Å². The fraction of sp³-hybridized carbons (Fsp3) is 0.857. The summed E-state index contributed by atoms with van der Waals surface area (Å²) in [6, 6.07) is 0.643. The normalized spacial score (nSPS) is 24.3. The lowest BCUT2D eigenvalue weighted by Crippen LogP contribution is -2.23. The second kappa shape index (κ2) is 3.49. The van der Waals surface area contributed by atoms with E-state index in [1.807, 2.05) is 6.34 Å². The van der Waals surface area contributed by atoms with Crippen molar-refractivity contribution in [2.45, 2.75) is 32.2 Å². The Balaban J connectivity index is 2.01. The molecule has 0 aromatic carbocycles. The fourth-order valence-electron chi connectivity index (χ4n) is 1.02. The van der Waals surface area contributed by atoms with E-state index < -0.39 is 0 Å². The summed E-state index contributed by atoms with van der Waals surface area (Å²) in [4.78, 5) is 4.08. The number of nitrogens with zero attached hydrogens (tertiary/aromatic N) is 1. The van der Waals surface area contributed by atoms with Crippen molar-refractivity contribution in [2.75, 3.05) is 6.54 Å². The predicted molar refractivity (Wildman–Crippen MR) is 39.8 cm³/mol. The molecule has 52 valence electrons. The molecule has 0 spiro atoms. The molecule has 9 heavy (non-hydrogen) atoms. The standard InChI is InChI=1S/C7H14N2/c1-2-3-4-7-5-8-6-9-7/h6-7H,2-5H2,1H3,(H,8,9)/t7-/m1/s1. The van der Waals surface area contributed by atoms with Gasteiger partial charge in [0.05, 0.1) is 12.9 Å². The van der Waals surface area contributed by atoms with Crippen LogP contribution in [0.4, 0.5) is 0 Å². The Bertz CT molecular complexity index is 91.1. The van der Waals surface area contributed by atoms with Gasteiger partial charge in [-0.05, 0) is 6.42 Å². The molecule has 0 aliphatic carbocycles. The molecular weight excluding hydrogens is 112 g/mol. The molecule has 1 heterocycles. The van der Waals surface area contributed by atoms with Crippen molar-refractivity contribution in [3.63, 3.8) is 0 Å². The highest BCUT2D eigenvalue weighted by molar-refractivity contribution is 5.57. The average Bonchev–Trinajstić information content (AvgIpc) is 2.34. The predicted octanol–water partition coefficient (Wildman–Crippen LogP) is 1.18. The highest BCUT2D eigenvalue weighted by atomic mass is 15.0. The molecule has 1 aliphatic rings. The molecule has 0 bridgehead atoms. The Kier molecular flexibility index (Phi) is 2.55. The van der Waals surface area contributed by atoms with Gasteiger partial charge in [0.25, 0.3) is 0 Å². The van der Waals surface area contributed by atoms with Gasteiger partial charge in [-0.25, -0.2) is 0 Å². The minimum atomic E-state index is 0.643. The van der Waals surface area contributed by atoms with Gasteiger partial charge in [-0.3, -0.25) is 4.99 Å². The molecule has 2 nitrogen and oxygen atoms in total. The lowest BCUT2D eigenvalue weighted by atomic mass is 10.1. The maximum Gasteiger partial charge on any atom is 0.0827 e. The highest BCUT2D eigenvalue weighted by Crippen LogP contribution is 2.02. The van der Waals surface area contributed by atoms with E-state index in [4.69, 9.17) is 0 Å². The van der Waals surface area contributed by atoms with Gasteiger partial charge >= 0.3 is 0 Å². The lowest BCUT2D eigenvalue weighted by Gasteiger charge is -2.06. The number of aliphatic imine (C=N–C) groups is 1. The first kappa shape index (κ1) is 6.59. The summed E-state index contributed by atoms with van der Waals surface area (Å²) in [7, 11) is 0. The molecule has 0 radical (unpaired) electrons. The van der Waals surface area contributed by atoms with E-state index in [2.05, 4.69) is 17.2 Å². The third-order valence-electron chi connectivity index (χ3n) is 1.63. The van der Waals surface area contributed by atoms with Crippen molar-refractivity contribution in [1.29, 1.82) is 0 Å². The third kappa shape index (κ3) is 2.04. The highest BCUT2D eigenvalue weighted by Gasteiger charge is 2.07. The van der Waals surface area contributed by atoms with Crippen LogP contribution >= 0.6 is 0 Å². The Morgan fingerprint density at radius 1 is 1.78 bits per heavy atom. The van der Waals surface area contributed by atoms with E-state index in [0.29, 0.717) is 6.04 Å². The van der Waals surface area contributed by atoms with Crippen molar-refractivity contribution < 1.29 is 0 Å². The Morgan fingerprint density at radius 2 is 2.67 bits per heavy atom. The van der Waals surface area contributed by atoms with Gasteiger partial charge in [-0.15, -0.1) is 0 Å². The van der Waals surface area contributed by atoms with Gasteiger partial charge < -0.3 is 5.32 Å². The summed E-state index contributed by atoms with van der Waals surface area (Å²) in [5.41, 5.74) is 0. The topological polar surface area (TPSA) is 24.4 Å². The summed E-state index contributed by atoms with van der Waals surface area (Å²) < 4.78 is 0. The molecule has 1 aliphatic heterocycles. The van der Waals surface area contributed by atoms with Crippen molar-refractivity contribution in [3.05, 3.63) is 0 Å². The number of hydrogen-bond donors (Lipinski definition) is 1. The zero-order valence-corrected chi connectivity index (χ0v) is 5.93. The fourth-order valence-corrected chi connectivity index (χ4v) is 1.02. The van der Waals surface area contributed by atoms with Gasteiger partial charge in [-0.1, -0.05) is 19.8 Å².